The third kappa shape index (κ3) is 15.0. The summed E-state index contributed by atoms with van der Waals surface area (Å²) in [4.78, 5) is 102. The average molecular weight is 1280 g/mol. The number of anilines is 4. The number of rotatable bonds is 19. The standard InChI is InChI=1S/C38H44N4O5S.C33H36N4O3S.C2H6O/c1-24(2)41-22-28(29-11-6-7-12-31(29)41)19-30(39-37(46)47-38(3,4)5)33(43)20-27-18-26-10-8-13-32(40-16-9-14-34(40)44)35(26)42(36(27)45)21-25-15-17-48-23-25;1-21(2)36-19-25(26-8-3-4-9-28(26)36)16-27(34)30(38)17-24-15-23-7-5-10-29(35-13-6-11-31(35)39)32(23)37(33(24)40)18-22-12-14-41-20-22;1-2-3/h6-8,10-13,15,17,22-24,27,30H,9,14,16,18-21H2,1-5H3,(H,39,46);3-5,7-10,12,14,19-21,24,27H,6,11,13,15-18,34H2,1-2H3;3H,2H2,1H3/t27?,30-;24?,27-;/m11./s1. The number of para-hydroxylation sites is 4. The van der Waals surface area contributed by atoms with Gasteiger partial charge in [0.1, 0.15) is 5.60 Å². The van der Waals surface area contributed by atoms with Gasteiger partial charge in [-0.25, -0.2) is 4.79 Å². The predicted octanol–water partition coefficient (Wildman–Crippen LogP) is 12.9. The van der Waals surface area contributed by atoms with Crippen LogP contribution in [0.3, 0.4) is 0 Å². The Labute approximate surface area is 547 Å². The second-order valence-electron chi connectivity index (χ2n) is 26.0. The molecule has 0 saturated carbocycles. The number of nitrogens with two attached hydrogens (primary N) is 1. The number of carbonyl (C=O) groups excluding carboxylic acids is 7. The van der Waals surface area contributed by atoms with Crippen molar-refractivity contribution in [3.05, 3.63) is 164 Å². The third-order valence-electron chi connectivity index (χ3n) is 17.5. The number of nitrogens with zero attached hydrogens (tertiary/aromatic N) is 6. The van der Waals surface area contributed by atoms with E-state index in [0.29, 0.717) is 58.3 Å². The molecule has 12 rings (SSSR count). The fourth-order valence-corrected chi connectivity index (χ4v) is 14.6. The maximum atomic E-state index is 14.4. The molecular weight excluding hydrogens is 1200 g/mol. The molecule has 4 N–H and O–H groups in total. The Morgan fingerprint density at radius 1 is 0.630 bits per heavy atom. The monoisotopic (exact) mass is 1280 g/mol. The van der Waals surface area contributed by atoms with Crippen molar-refractivity contribution in [1.82, 2.24) is 14.5 Å². The Morgan fingerprint density at radius 3 is 1.49 bits per heavy atom. The molecule has 19 heteroatoms. The molecule has 92 heavy (non-hydrogen) atoms. The number of aromatic nitrogens is 2. The second-order valence-corrected chi connectivity index (χ2v) is 27.6. The molecule has 0 aliphatic carbocycles. The Balaban J connectivity index is 0.000000195. The summed E-state index contributed by atoms with van der Waals surface area (Å²) in [6, 6.07) is 30.9. The van der Waals surface area contributed by atoms with Crippen LogP contribution in [0.4, 0.5) is 27.5 Å². The number of hydrogen-bond donors (Lipinski definition) is 3. The maximum Gasteiger partial charge on any atom is 0.408 e. The molecular formula is C73H86N8O9S2. The fourth-order valence-electron chi connectivity index (χ4n) is 13.3. The van der Waals surface area contributed by atoms with Gasteiger partial charge in [-0.3, -0.25) is 28.8 Å². The van der Waals surface area contributed by atoms with E-state index >= 15 is 0 Å². The smallest absolute Gasteiger partial charge is 0.408 e. The normalized spacial score (nSPS) is 17.2. The van der Waals surface area contributed by atoms with Crippen molar-refractivity contribution in [2.45, 2.75) is 162 Å². The lowest BCUT2D eigenvalue weighted by molar-refractivity contribution is -0.129. The molecule has 4 aromatic heterocycles. The van der Waals surface area contributed by atoms with Crippen LogP contribution in [0, 0.1) is 11.8 Å². The van der Waals surface area contributed by atoms with Gasteiger partial charge in [0, 0.05) is 110 Å². The number of nitrogens with one attached hydrogen (secondary N) is 1. The highest BCUT2D eigenvalue weighted by molar-refractivity contribution is 7.08. The molecule has 4 atom stereocenters. The van der Waals surface area contributed by atoms with Gasteiger partial charge >= 0.3 is 6.09 Å². The van der Waals surface area contributed by atoms with E-state index in [2.05, 4.69) is 72.7 Å². The Bertz CT molecular complexity index is 3970. The topological polar surface area (TPSA) is 210 Å². The molecule has 0 spiro atoms. The average Bonchev–Trinajstić information content (AvgIpc) is 2.24. The highest BCUT2D eigenvalue weighted by atomic mass is 32.1. The minimum atomic E-state index is -0.903. The van der Waals surface area contributed by atoms with Crippen molar-refractivity contribution in [2.75, 3.05) is 39.3 Å². The number of aliphatic hydroxyl groups is 1. The van der Waals surface area contributed by atoms with Crippen LogP contribution in [0.1, 0.15) is 139 Å². The Hall–Kier alpha value is -8.23. The van der Waals surface area contributed by atoms with Crippen LogP contribution in [0.25, 0.3) is 21.8 Å². The quantitative estimate of drug-likeness (QED) is 0.0697. The molecule has 0 bridgehead atoms. The molecule has 4 aromatic carbocycles. The number of alkyl carbamates (subject to hydrolysis) is 1. The molecule has 0 radical (unpaired) electrons. The number of thiophene rings is 2. The van der Waals surface area contributed by atoms with E-state index in [9.17, 15) is 33.6 Å². The summed E-state index contributed by atoms with van der Waals surface area (Å²) in [6.45, 7) is 17.8. The van der Waals surface area contributed by atoms with Crippen molar-refractivity contribution in [3.8, 4) is 0 Å². The number of hydrogen-bond acceptors (Lipinski definition) is 12. The zero-order valence-electron chi connectivity index (χ0n) is 54.1. The van der Waals surface area contributed by atoms with Gasteiger partial charge < -0.3 is 49.6 Å². The lowest BCUT2D eigenvalue weighted by Gasteiger charge is -2.37. The van der Waals surface area contributed by atoms with Gasteiger partial charge in [-0.05, 0) is 179 Å². The van der Waals surface area contributed by atoms with Gasteiger partial charge in [-0.15, -0.1) is 0 Å². The lowest BCUT2D eigenvalue weighted by atomic mass is 9.85. The predicted molar refractivity (Wildman–Crippen MR) is 367 cm³/mol. The maximum absolute atomic E-state index is 14.4. The summed E-state index contributed by atoms with van der Waals surface area (Å²) in [6.07, 6.45) is 7.63. The molecule has 2 unspecified atom stereocenters. The number of Topliss-reactive ketones (excluding diaryl/α,β-unsaturated/α-hetero) is 2. The minimum Gasteiger partial charge on any atom is -0.444 e. The first-order valence-electron chi connectivity index (χ1n) is 32.2. The number of ether oxygens (including phenoxy) is 1. The summed E-state index contributed by atoms with van der Waals surface area (Å²) < 4.78 is 9.97. The summed E-state index contributed by atoms with van der Waals surface area (Å²) in [5.41, 5.74) is 17.0. The lowest BCUT2D eigenvalue weighted by Crippen LogP contribution is -2.47. The van der Waals surface area contributed by atoms with Gasteiger partial charge in [0.15, 0.2) is 11.6 Å². The number of carbonyl (C=O) groups is 7. The molecule has 8 heterocycles. The first-order valence-corrected chi connectivity index (χ1v) is 34.1. The molecule has 4 aliphatic rings. The van der Waals surface area contributed by atoms with E-state index in [1.165, 1.54) is 0 Å². The first kappa shape index (κ1) is 66.7. The molecule has 2 saturated heterocycles. The van der Waals surface area contributed by atoms with Crippen molar-refractivity contribution in [2.24, 2.45) is 17.6 Å². The van der Waals surface area contributed by atoms with Crippen molar-refractivity contribution in [3.63, 3.8) is 0 Å². The molecule has 2 fully saturated rings. The minimum absolute atomic E-state index is 0.0471. The van der Waals surface area contributed by atoms with Gasteiger partial charge in [-0.2, -0.15) is 22.7 Å². The highest BCUT2D eigenvalue weighted by Crippen LogP contribution is 2.44. The number of ketones is 2. The van der Waals surface area contributed by atoms with Crippen LogP contribution in [0.15, 0.2) is 131 Å². The van der Waals surface area contributed by atoms with E-state index in [-0.39, 0.29) is 73.1 Å². The fraction of sp³-hybridized carbons (Fsp3) is 0.411. The summed E-state index contributed by atoms with van der Waals surface area (Å²) in [7, 11) is 0. The van der Waals surface area contributed by atoms with E-state index in [1.54, 1.807) is 65.1 Å². The summed E-state index contributed by atoms with van der Waals surface area (Å²) >= 11 is 3.15. The molecule has 17 nitrogen and oxygen atoms in total. The third-order valence-corrected chi connectivity index (χ3v) is 18.9. The molecule has 4 aliphatic heterocycles. The zero-order valence-corrected chi connectivity index (χ0v) is 55.7. The van der Waals surface area contributed by atoms with Crippen LogP contribution in [0.5, 0.6) is 0 Å². The molecule has 8 aromatic rings. The Morgan fingerprint density at radius 2 is 1.08 bits per heavy atom. The van der Waals surface area contributed by atoms with E-state index in [1.807, 2.05) is 105 Å². The van der Waals surface area contributed by atoms with Gasteiger partial charge in [0.2, 0.25) is 23.6 Å². The van der Waals surface area contributed by atoms with Crippen molar-refractivity contribution in [1.29, 1.82) is 0 Å². The Kier molecular flexibility index (Phi) is 21.1. The van der Waals surface area contributed by atoms with Gasteiger partial charge in [0.25, 0.3) is 0 Å². The number of benzene rings is 4. The number of fused-ring (bicyclic) bond motifs is 4. The van der Waals surface area contributed by atoms with Crippen LogP contribution >= 0.6 is 22.7 Å². The van der Waals surface area contributed by atoms with Crippen LogP contribution in [-0.2, 0) is 72.3 Å². The van der Waals surface area contributed by atoms with E-state index in [4.69, 9.17) is 15.6 Å². The van der Waals surface area contributed by atoms with Crippen molar-refractivity contribution < 1.29 is 43.4 Å². The molecule has 5 amide bonds. The molecule has 484 valence electrons. The second kappa shape index (κ2) is 29.2. The zero-order chi connectivity index (χ0) is 65.5. The van der Waals surface area contributed by atoms with Gasteiger partial charge in [0.05, 0.1) is 47.9 Å². The summed E-state index contributed by atoms with van der Waals surface area (Å²) in [5, 5.41) is 20.6. The van der Waals surface area contributed by atoms with Crippen LogP contribution < -0.4 is 30.7 Å². The van der Waals surface area contributed by atoms with E-state index < -0.39 is 35.6 Å². The summed E-state index contributed by atoms with van der Waals surface area (Å²) in [5.74, 6) is -1.57. The van der Waals surface area contributed by atoms with Gasteiger partial charge in [-0.1, -0.05) is 60.7 Å². The SMILES string of the molecule is CC(C)n1cc(C[C@@H](N)C(=O)CC2Cc3cccc(N4CCCC4=O)c3N(Cc3ccsc3)C2=O)c2ccccc21.CC(C)n1cc(C[C@@H](NC(=O)OC(C)(C)C)C(=O)CC2Cc3cccc(N4CCCC4=O)c3N(Cc3ccsc3)C2=O)c2ccccc21.CCO. The van der Waals surface area contributed by atoms with Crippen LogP contribution in [0.2, 0.25) is 0 Å². The van der Waals surface area contributed by atoms with Crippen molar-refractivity contribution >= 4 is 109 Å². The van der Waals surface area contributed by atoms with E-state index in [0.717, 1.165) is 90.8 Å². The number of amides is 5. The largest absolute Gasteiger partial charge is 0.444 e. The highest BCUT2D eigenvalue weighted by Gasteiger charge is 2.41. The first-order chi connectivity index (χ1) is 44.1. The van der Waals surface area contributed by atoms with Crippen LogP contribution in [-0.4, -0.2) is 92.9 Å². The number of aliphatic hydroxyl groups excluding tert-OH is 1.